The van der Waals surface area contributed by atoms with E-state index in [-0.39, 0.29) is 0 Å². The van der Waals surface area contributed by atoms with Crippen molar-refractivity contribution in [3.63, 3.8) is 0 Å². The van der Waals surface area contributed by atoms with Gasteiger partial charge in [0.1, 0.15) is 0 Å². The van der Waals surface area contributed by atoms with Crippen LogP contribution < -0.4 is 10.6 Å². The second-order valence-electron chi connectivity index (χ2n) is 6.14. The summed E-state index contributed by atoms with van der Waals surface area (Å²) in [5.74, 6) is 0.722. The normalized spacial score (nSPS) is 30.6. The molecule has 20 heavy (non-hydrogen) atoms. The highest BCUT2D eigenvalue weighted by Crippen LogP contribution is 2.29. The summed E-state index contributed by atoms with van der Waals surface area (Å²) in [4.78, 5) is 0. The van der Waals surface area contributed by atoms with Gasteiger partial charge >= 0.3 is 0 Å². The maximum Gasteiger partial charge on any atom is 0.0623 e. The maximum absolute atomic E-state index is 5.63. The number of morpholine rings is 1. The van der Waals surface area contributed by atoms with E-state index < -0.39 is 0 Å². The summed E-state index contributed by atoms with van der Waals surface area (Å²) in [6, 6.07) is 9.84. The molecule has 110 valence electrons. The van der Waals surface area contributed by atoms with E-state index in [1.54, 1.807) is 0 Å². The van der Waals surface area contributed by atoms with Gasteiger partial charge in [-0.3, -0.25) is 0 Å². The number of hydrogen-bond donors (Lipinski definition) is 2. The first-order chi connectivity index (χ1) is 9.84. The van der Waals surface area contributed by atoms with E-state index in [0.29, 0.717) is 12.1 Å². The third-order valence-electron chi connectivity index (χ3n) is 4.85. The van der Waals surface area contributed by atoms with Crippen molar-refractivity contribution in [2.75, 3.05) is 19.8 Å². The van der Waals surface area contributed by atoms with Crippen molar-refractivity contribution in [3.05, 3.63) is 35.4 Å². The highest BCUT2D eigenvalue weighted by molar-refractivity contribution is 5.25. The van der Waals surface area contributed by atoms with E-state index in [9.17, 15) is 0 Å². The number of ether oxygens (including phenoxy) is 1. The molecule has 3 heteroatoms. The average Bonchev–Trinajstić information content (AvgIpc) is 2.96. The molecule has 3 nitrogen and oxygen atoms in total. The average molecular weight is 274 g/mol. The van der Waals surface area contributed by atoms with Gasteiger partial charge in [0.15, 0.2) is 0 Å². The van der Waals surface area contributed by atoms with Crippen LogP contribution in [0.1, 0.15) is 30.4 Å². The molecule has 1 aliphatic carbocycles. The highest BCUT2D eigenvalue weighted by atomic mass is 16.5. The smallest absolute Gasteiger partial charge is 0.0623 e. The molecule has 1 aromatic carbocycles. The van der Waals surface area contributed by atoms with Gasteiger partial charge in [-0.15, -0.1) is 0 Å². The van der Waals surface area contributed by atoms with Gasteiger partial charge in [-0.1, -0.05) is 30.7 Å². The summed E-state index contributed by atoms with van der Waals surface area (Å²) in [5, 5.41) is 7.43. The molecular weight excluding hydrogens is 248 g/mol. The van der Waals surface area contributed by atoms with Gasteiger partial charge in [0.2, 0.25) is 0 Å². The quantitative estimate of drug-likeness (QED) is 0.883. The maximum atomic E-state index is 5.63. The van der Waals surface area contributed by atoms with Crippen molar-refractivity contribution < 1.29 is 4.74 Å². The Kier molecular flexibility index (Phi) is 4.71. The van der Waals surface area contributed by atoms with Crippen molar-refractivity contribution in [3.8, 4) is 0 Å². The lowest BCUT2D eigenvalue weighted by Crippen LogP contribution is -2.50. The van der Waals surface area contributed by atoms with Crippen LogP contribution in [-0.2, 0) is 11.3 Å². The van der Waals surface area contributed by atoms with Crippen LogP contribution in [0.3, 0.4) is 0 Å². The predicted octanol–water partition coefficient (Wildman–Crippen LogP) is 2.24. The molecule has 0 bridgehead atoms. The minimum absolute atomic E-state index is 0.542. The molecule has 1 saturated carbocycles. The summed E-state index contributed by atoms with van der Waals surface area (Å²) in [5.41, 5.74) is 2.81. The summed E-state index contributed by atoms with van der Waals surface area (Å²) >= 11 is 0. The predicted molar refractivity (Wildman–Crippen MR) is 81.8 cm³/mol. The Morgan fingerprint density at radius 3 is 3.00 bits per heavy atom. The van der Waals surface area contributed by atoms with Gasteiger partial charge in [0.25, 0.3) is 0 Å². The molecule has 1 aliphatic heterocycles. The van der Waals surface area contributed by atoms with E-state index in [4.69, 9.17) is 4.74 Å². The standard InChI is InChI=1S/C17H26N2O/c1-13-5-2-3-6-14(13)11-19-16-8-4-7-15(16)17-12-20-10-9-18-17/h2-3,5-6,15-19H,4,7-12H2,1H3. The highest BCUT2D eigenvalue weighted by Gasteiger charge is 2.34. The van der Waals surface area contributed by atoms with E-state index in [1.165, 1.54) is 30.4 Å². The molecule has 3 rings (SSSR count). The Bertz CT molecular complexity index is 429. The molecule has 3 atom stereocenters. The van der Waals surface area contributed by atoms with E-state index in [2.05, 4.69) is 41.8 Å². The van der Waals surface area contributed by atoms with Crippen LogP contribution in [0.15, 0.2) is 24.3 Å². The fourth-order valence-electron chi connectivity index (χ4n) is 3.63. The minimum atomic E-state index is 0.542. The van der Waals surface area contributed by atoms with Crippen molar-refractivity contribution in [2.24, 2.45) is 5.92 Å². The zero-order valence-corrected chi connectivity index (χ0v) is 12.4. The zero-order chi connectivity index (χ0) is 13.8. The third-order valence-corrected chi connectivity index (χ3v) is 4.85. The zero-order valence-electron chi connectivity index (χ0n) is 12.4. The Hall–Kier alpha value is -0.900. The molecule has 2 fully saturated rings. The summed E-state index contributed by atoms with van der Waals surface area (Å²) in [7, 11) is 0. The van der Waals surface area contributed by atoms with Crippen LogP contribution in [-0.4, -0.2) is 31.8 Å². The summed E-state index contributed by atoms with van der Waals surface area (Å²) in [6.07, 6.45) is 3.97. The fourth-order valence-corrected chi connectivity index (χ4v) is 3.63. The van der Waals surface area contributed by atoms with Crippen LogP contribution in [0.5, 0.6) is 0 Å². The van der Waals surface area contributed by atoms with Crippen LogP contribution in [0.4, 0.5) is 0 Å². The number of hydrogen-bond acceptors (Lipinski definition) is 3. The first-order valence-electron chi connectivity index (χ1n) is 7.93. The van der Waals surface area contributed by atoms with Gasteiger partial charge in [0, 0.05) is 25.2 Å². The lowest BCUT2D eigenvalue weighted by molar-refractivity contribution is 0.0524. The molecule has 1 saturated heterocycles. The topological polar surface area (TPSA) is 33.3 Å². The Balaban J connectivity index is 1.57. The molecule has 2 N–H and O–H groups in total. The molecule has 0 spiro atoms. The van der Waals surface area contributed by atoms with E-state index >= 15 is 0 Å². The summed E-state index contributed by atoms with van der Waals surface area (Å²) < 4.78 is 5.63. The SMILES string of the molecule is Cc1ccccc1CNC1CCCC1C1COCCN1. The van der Waals surface area contributed by atoms with Crippen molar-refractivity contribution >= 4 is 0 Å². The van der Waals surface area contributed by atoms with Gasteiger partial charge in [0.05, 0.1) is 13.2 Å². The minimum Gasteiger partial charge on any atom is -0.379 e. The van der Waals surface area contributed by atoms with Gasteiger partial charge in [-0.05, 0) is 36.8 Å². The first-order valence-corrected chi connectivity index (χ1v) is 7.93. The van der Waals surface area contributed by atoms with Crippen LogP contribution in [0.25, 0.3) is 0 Å². The molecule has 1 aromatic rings. The number of aryl methyl sites for hydroxylation is 1. The third kappa shape index (κ3) is 3.22. The number of nitrogens with one attached hydrogen (secondary N) is 2. The van der Waals surface area contributed by atoms with Crippen molar-refractivity contribution in [1.29, 1.82) is 0 Å². The molecule has 3 unspecified atom stereocenters. The molecule has 2 aliphatic rings. The van der Waals surface area contributed by atoms with Crippen LogP contribution in [0, 0.1) is 12.8 Å². The number of rotatable bonds is 4. The van der Waals surface area contributed by atoms with E-state index in [1.807, 2.05) is 0 Å². The molecule has 0 aromatic heterocycles. The van der Waals surface area contributed by atoms with Gasteiger partial charge < -0.3 is 15.4 Å². The molecule has 0 radical (unpaired) electrons. The second kappa shape index (κ2) is 6.70. The van der Waals surface area contributed by atoms with Crippen LogP contribution in [0.2, 0.25) is 0 Å². The van der Waals surface area contributed by atoms with Gasteiger partial charge in [-0.25, -0.2) is 0 Å². The number of benzene rings is 1. The lowest BCUT2D eigenvalue weighted by Gasteiger charge is -2.33. The Morgan fingerprint density at radius 2 is 2.20 bits per heavy atom. The first kappa shape index (κ1) is 14.1. The summed E-state index contributed by atoms with van der Waals surface area (Å²) in [6.45, 7) is 5.94. The lowest BCUT2D eigenvalue weighted by atomic mass is 9.93. The fraction of sp³-hybridized carbons (Fsp3) is 0.647. The van der Waals surface area contributed by atoms with Crippen LogP contribution >= 0.6 is 0 Å². The van der Waals surface area contributed by atoms with Crippen molar-refractivity contribution in [2.45, 2.75) is 44.8 Å². The molecular formula is C17H26N2O. The van der Waals surface area contributed by atoms with Gasteiger partial charge in [-0.2, -0.15) is 0 Å². The second-order valence-corrected chi connectivity index (χ2v) is 6.14. The monoisotopic (exact) mass is 274 g/mol. The van der Waals surface area contributed by atoms with Crippen molar-refractivity contribution in [1.82, 2.24) is 10.6 Å². The molecule has 0 amide bonds. The van der Waals surface area contributed by atoms with E-state index in [0.717, 1.165) is 32.2 Å². The molecule has 1 heterocycles. The largest absolute Gasteiger partial charge is 0.379 e. The Labute approximate surface area is 122 Å². The Morgan fingerprint density at radius 1 is 1.30 bits per heavy atom.